The normalized spacial score (nSPS) is 22.5. The van der Waals surface area contributed by atoms with Crippen LogP contribution in [0.3, 0.4) is 0 Å². The number of anilines is 2. The summed E-state index contributed by atoms with van der Waals surface area (Å²) in [4.78, 5) is 46.7. The van der Waals surface area contributed by atoms with E-state index in [0.29, 0.717) is 22.6 Å². The van der Waals surface area contributed by atoms with Gasteiger partial charge >= 0.3 is 0 Å². The zero-order valence-electron chi connectivity index (χ0n) is 26.5. The van der Waals surface area contributed by atoms with Crippen LogP contribution in [0.4, 0.5) is 11.4 Å². The van der Waals surface area contributed by atoms with Crippen molar-refractivity contribution in [2.45, 2.75) is 57.0 Å². The van der Waals surface area contributed by atoms with Gasteiger partial charge < -0.3 is 15.0 Å². The molecule has 0 radical (unpaired) electrons. The van der Waals surface area contributed by atoms with Gasteiger partial charge in [0.2, 0.25) is 5.91 Å². The number of para-hydroxylation sites is 2. The maximum Gasteiger partial charge on any atom is 0.238 e. The first-order valence-electron chi connectivity index (χ1n) is 16.2. The molecule has 46 heavy (non-hydrogen) atoms. The number of nitrogens with zero attached hydrogens (tertiary/aromatic N) is 1. The molecule has 0 bridgehead atoms. The molecule has 6 nitrogen and oxygen atoms in total. The highest BCUT2D eigenvalue weighted by Crippen LogP contribution is 2.58. The lowest BCUT2D eigenvalue weighted by Gasteiger charge is -2.39. The van der Waals surface area contributed by atoms with Crippen LogP contribution >= 0.6 is 0 Å². The predicted octanol–water partition coefficient (Wildman–Crippen LogP) is 7.67. The zero-order valence-corrected chi connectivity index (χ0v) is 26.5. The van der Waals surface area contributed by atoms with Crippen molar-refractivity contribution in [3.8, 4) is 5.75 Å². The maximum absolute atomic E-state index is 15.1. The number of methoxy groups -OCH3 is 1. The number of rotatable bonds is 9. The highest BCUT2D eigenvalue weighted by molar-refractivity contribution is 6.18. The van der Waals surface area contributed by atoms with Gasteiger partial charge in [0.05, 0.1) is 19.1 Å². The highest BCUT2D eigenvalue weighted by Gasteiger charge is 2.70. The van der Waals surface area contributed by atoms with E-state index in [1.165, 1.54) is 5.56 Å². The minimum absolute atomic E-state index is 0.209. The SMILES string of the molecule is CCCCCc1ccc(C(=O)[C@@H]2[C@H](C(=O)c3ccc(OC)cc3)N3c4ccccc4C(C)=C[C@H]3[C@@]23C(=O)Nc2ccccc23)cc1. The van der Waals surface area contributed by atoms with E-state index >= 15 is 4.79 Å². The fraction of sp³-hybridized carbons (Fsp3) is 0.275. The summed E-state index contributed by atoms with van der Waals surface area (Å²) in [6.07, 6.45) is 6.42. The van der Waals surface area contributed by atoms with E-state index in [2.05, 4.69) is 23.2 Å². The summed E-state index contributed by atoms with van der Waals surface area (Å²) in [5, 5.41) is 3.12. The molecule has 4 atom stereocenters. The van der Waals surface area contributed by atoms with Crippen molar-refractivity contribution in [1.29, 1.82) is 0 Å². The van der Waals surface area contributed by atoms with Crippen molar-refractivity contribution < 1.29 is 19.1 Å². The van der Waals surface area contributed by atoms with Crippen molar-refractivity contribution in [3.05, 3.63) is 131 Å². The molecule has 1 amide bonds. The third-order valence-corrected chi connectivity index (χ3v) is 10.1. The van der Waals surface area contributed by atoms with E-state index in [-0.39, 0.29) is 17.5 Å². The number of carbonyl (C=O) groups excluding carboxylic acids is 3. The smallest absolute Gasteiger partial charge is 0.238 e. The van der Waals surface area contributed by atoms with Gasteiger partial charge in [-0.05, 0) is 72.9 Å². The maximum atomic E-state index is 15.1. The minimum Gasteiger partial charge on any atom is -0.497 e. The molecule has 6 heteroatoms. The molecule has 232 valence electrons. The molecule has 7 rings (SSSR count). The van der Waals surface area contributed by atoms with Gasteiger partial charge in [-0.25, -0.2) is 0 Å². The quantitative estimate of drug-likeness (QED) is 0.155. The number of allylic oxidation sites excluding steroid dienone is 1. The zero-order chi connectivity index (χ0) is 32.0. The average Bonchev–Trinajstić information content (AvgIpc) is 3.56. The molecular weight excluding hydrogens is 572 g/mol. The summed E-state index contributed by atoms with van der Waals surface area (Å²) in [5.41, 5.74) is 5.06. The third kappa shape index (κ3) is 4.50. The lowest BCUT2D eigenvalue weighted by molar-refractivity contribution is -0.121. The Balaban J connectivity index is 1.45. The van der Waals surface area contributed by atoms with Crippen LogP contribution in [0.15, 0.2) is 103 Å². The molecule has 1 saturated heterocycles. The van der Waals surface area contributed by atoms with Crippen LogP contribution in [0.1, 0.15) is 70.5 Å². The number of fused-ring (bicyclic) bond motifs is 6. The second kappa shape index (κ2) is 11.8. The lowest BCUT2D eigenvalue weighted by atomic mass is 9.64. The summed E-state index contributed by atoms with van der Waals surface area (Å²) >= 11 is 0. The van der Waals surface area contributed by atoms with Crippen LogP contribution < -0.4 is 15.0 Å². The number of hydrogen-bond donors (Lipinski definition) is 1. The molecule has 4 aromatic rings. The number of nitrogens with one attached hydrogen (secondary N) is 1. The first-order valence-corrected chi connectivity index (χ1v) is 16.2. The minimum atomic E-state index is -1.34. The van der Waals surface area contributed by atoms with Crippen molar-refractivity contribution >= 4 is 34.4 Å². The monoisotopic (exact) mass is 610 g/mol. The summed E-state index contributed by atoms with van der Waals surface area (Å²) in [6, 6.07) is 28.8. The first kappa shape index (κ1) is 29.7. The van der Waals surface area contributed by atoms with Crippen molar-refractivity contribution in [3.63, 3.8) is 0 Å². The van der Waals surface area contributed by atoms with Crippen molar-refractivity contribution in [1.82, 2.24) is 0 Å². The van der Waals surface area contributed by atoms with Crippen LogP contribution in [-0.4, -0.2) is 36.7 Å². The Kier molecular flexibility index (Phi) is 7.59. The predicted molar refractivity (Wildman–Crippen MR) is 182 cm³/mol. The third-order valence-electron chi connectivity index (χ3n) is 10.1. The van der Waals surface area contributed by atoms with Crippen LogP contribution in [0.2, 0.25) is 0 Å². The highest BCUT2D eigenvalue weighted by atomic mass is 16.5. The molecule has 0 aromatic heterocycles. The van der Waals surface area contributed by atoms with Gasteiger partial charge in [-0.3, -0.25) is 14.4 Å². The average molecular weight is 611 g/mol. The lowest BCUT2D eigenvalue weighted by Crippen LogP contribution is -2.51. The molecule has 4 aromatic carbocycles. The number of hydrogen-bond acceptors (Lipinski definition) is 5. The molecule has 0 aliphatic carbocycles. The van der Waals surface area contributed by atoms with E-state index in [1.54, 1.807) is 31.4 Å². The van der Waals surface area contributed by atoms with Gasteiger partial charge in [0.15, 0.2) is 11.6 Å². The second-order valence-corrected chi connectivity index (χ2v) is 12.6. The number of ether oxygens (including phenoxy) is 1. The van der Waals surface area contributed by atoms with Gasteiger partial charge in [0.1, 0.15) is 17.2 Å². The number of unbranched alkanes of at least 4 members (excludes halogenated alkanes) is 2. The van der Waals surface area contributed by atoms with Crippen molar-refractivity contribution in [2.75, 3.05) is 17.3 Å². The van der Waals surface area contributed by atoms with E-state index < -0.39 is 23.4 Å². The fourth-order valence-corrected chi connectivity index (χ4v) is 7.91. The Morgan fingerprint density at radius 1 is 0.848 bits per heavy atom. The van der Waals surface area contributed by atoms with Crippen molar-refractivity contribution in [2.24, 2.45) is 5.92 Å². The van der Waals surface area contributed by atoms with Gasteiger partial charge in [-0.15, -0.1) is 0 Å². The number of ketones is 2. The van der Waals surface area contributed by atoms with Crippen LogP contribution in [-0.2, 0) is 16.6 Å². The molecule has 3 heterocycles. The van der Waals surface area contributed by atoms with Crippen LogP contribution in [0.5, 0.6) is 5.75 Å². The van der Waals surface area contributed by atoms with E-state index in [9.17, 15) is 9.59 Å². The van der Waals surface area contributed by atoms with Gasteiger partial charge in [-0.2, -0.15) is 0 Å². The number of amides is 1. The standard InChI is InChI=1S/C40H38N2O4/c1-4-5-6-11-26-16-18-27(19-17-26)37(43)35-36(38(44)28-20-22-29(46-3)23-21-28)42-33-15-10-7-12-30(33)25(2)24-34(42)40(35)31-13-8-9-14-32(31)41-39(40)45/h7-10,12-24,34-36H,4-6,11H2,1-3H3,(H,41,45)/t34-,35-,36+,40+/m0/s1. The molecule has 3 aliphatic heterocycles. The van der Waals surface area contributed by atoms with Gasteiger partial charge in [0, 0.05) is 28.1 Å². The Hall–Kier alpha value is -4.97. The first-order chi connectivity index (χ1) is 22.4. The summed E-state index contributed by atoms with van der Waals surface area (Å²) < 4.78 is 5.37. The summed E-state index contributed by atoms with van der Waals surface area (Å²) in [5.74, 6) is -1.05. The fourth-order valence-electron chi connectivity index (χ4n) is 7.91. The molecule has 1 N–H and O–H groups in total. The van der Waals surface area contributed by atoms with E-state index in [1.807, 2.05) is 79.7 Å². The largest absolute Gasteiger partial charge is 0.497 e. The van der Waals surface area contributed by atoms with Crippen LogP contribution in [0, 0.1) is 5.92 Å². The Bertz CT molecular complexity index is 1860. The van der Waals surface area contributed by atoms with Crippen LogP contribution in [0.25, 0.3) is 5.57 Å². The van der Waals surface area contributed by atoms with E-state index in [4.69, 9.17) is 4.74 Å². The topological polar surface area (TPSA) is 75.7 Å². The molecule has 3 aliphatic rings. The molecule has 1 spiro atoms. The number of Topliss-reactive ketones (excluding diaryl/α,β-unsaturated/α-hetero) is 2. The number of benzene rings is 4. The molecule has 1 fully saturated rings. The van der Waals surface area contributed by atoms with Gasteiger partial charge in [0.25, 0.3) is 0 Å². The summed E-state index contributed by atoms with van der Waals surface area (Å²) in [7, 11) is 1.58. The van der Waals surface area contributed by atoms with Gasteiger partial charge in [-0.1, -0.05) is 86.5 Å². The second-order valence-electron chi connectivity index (χ2n) is 12.6. The Morgan fingerprint density at radius 2 is 1.52 bits per heavy atom. The molecule has 0 unspecified atom stereocenters. The number of carbonyl (C=O) groups is 3. The summed E-state index contributed by atoms with van der Waals surface area (Å²) in [6.45, 7) is 4.22. The Labute approximate surface area is 270 Å². The Morgan fingerprint density at radius 3 is 2.26 bits per heavy atom. The number of aryl methyl sites for hydroxylation is 1. The molecule has 0 saturated carbocycles. The molecular formula is C40H38N2O4. The van der Waals surface area contributed by atoms with E-state index in [0.717, 1.165) is 48.1 Å².